The maximum atomic E-state index is 2.55. The molecule has 9 aromatic carbocycles. The van der Waals surface area contributed by atoms with Crippen molar-refractivity contribution in [3.05, 3.63) is 223 Å². The van der Waals surface area contributed by atoms with Crippen LogP contribution in [0, 0.1) is 187 Å². The third-order valence-electron chi connectivity index (χ3n) is 21.9. The summed E-state index contributed by atoms with van der Waals surface area (Å²) in [6.07, 6.45) is 0. The fraction of sp³-hybridized carbons (Fsp3) is 0.333. The standard InChI is InChI=1S/3C27H31N/c1-14-10-12-23(13-11-14)28-26-21(8)17(4)15(2)19(6)24(26)25-20(7)16(3)18(5)22(9)27(25)28;1-14-11-10-12-23(13-14)28-26-21(8)17(4)15(2)19(6)24(26)25-20(7)16(3)18(5)22(9)27(25)28;1-14-12-10-11-13-23(14)28-26-21(8)17(4)15(2)19(6)24(26)25-20(7)16(3)18(5)22(9)27(25)28/h3*10-13H,1-9H3. The summed E-state index contributed by atoms with van der Waals surface area (Å²) in [6.45, 7) is 61.4. The highest BCUT2D eigenvalue weighted by Gasteiger charge is 2.28. The van der Waals surface area contributed by atoms with Crippen molar-refractivity contribution in [2.45, 2.75) is 187 Å². The second-order valence-electron chi connectivity index (χ2n) is 25.8. The van der Waals surface area contributed by atoms with Crippen molar-refractivity contribution in [1.82, 2.24) is 13.7 Å². The van der Waals surface area contributed by atoms with Gasteiger partial charge in [-0.25, -0.2) is 0 Å². The summed E-state index contributed by atoms with van der Waals surface area (Å²) in [5.41, 5.74) is 49.8. The van der Waals surface area contributed by atoms with Crippen molar-refractivity contribution < 1.29 is 0 Å². The minimum atomic E-state index is 1.25. The average Bonchev–Trinajstić information content (AvgIpc) is 3.66. The quantitative estimate of drug-likeness (QED) is 0.167. The Kier molecular flexibility index (Phi) is 15.2. The number of fused-ring (bicyclic) bond motifs is 9. The first kappa shape index (κ1) is 59.5. The Morgan fingerprint density at radius 3 is 0.738 bits per heavy atom. The fourth-order valence-corrected chi connectivity index (χ4v) is 14.6. The molecule has 0 amide bonds. The van der Waals surface area contributed by atoms with Crippen LogP contribution in [0.2, 0.25) is 0 Å². The number of benzene rings is 9. The number of rotatable bonds is 3. The molecule has 0 radical (unpaired) electrons. The van der Waals surface area contributed by atoms with E-state index in [0.717, 1.165) is 0 Å². The Morgan fingerprint density at radius 2 is 0.452 bits per heavy atom. The zero-order chi connectivity index (χ0) is 61.5. The van der Waals surface area contributed by atoms with Crippen LogP contribution in [0.15, 0.2) is 72.8 Å². The lowest BCUT2D eigenvalue weighted by Gasteiger charge is -2.17. The molecule has 0 aliphatic carbocycles. The average molecular weight is 1110 g/mol. The predicted octanol–water partition coefficient (Wildman–Crippen LogP) is 22.7. The Bertz CT molecular complexity index is 4560. The molecule has 0 aliphatic rings. The van der Waals surface area contributed by atoms with Gasteiger partial charge in [-0.3, -0.25) is 0 Å². The van der Waals surface area contributed by atoms with Gasteiger partial charge in [-0.15, -0.1) is 0 Å². The predicted molar refractivity (Wildman–Crippen MR) is 370 cm³/mol. The summed E-state index contributed by atoms with van der Waals surface area (Å²) in [5.74, 6) is 0. The molecule has 0 aliphatic heterocycles. The molecule has 3 nitrogen and oxygen atoms in total. The van der Waals surface area contributed by atoms with Gasteiger partial charge >= 0.3 is 0 Å². The van der Waals surface area contributed by atoms with E-state index in [-0.39, 0.29) is 0 Å². The Hall–Kier alpha value is -7.62. The number of nitrogens with zero attached hydrogens (tertiary/aromatic N) is 3. The second kappa shape index (κ2) is 21.5. The molecule has 0 unspecified atom stereocenters. The number of para-hydroxylation sites is 1. The summed E-state index contributed by atoms with van der Waals surface area (Å²) in [5, 5.41) is 8.59. The molecule has 0 N–H and O–H groups in total. The van der Waals surface area contributed by atoms with Gasteiger partial charge in [0.2, 0.25) is 0 Å². The third-order valence-corrected chi connectivity index (χ3v) is 21.9. The second-order valence-corrected chi connectivity index (χ2v) is 25.8. The minimum absolute atomic E-state index is 1.25. The van der Waals surface area contributed by atoms with Crippen LogP contribution in [-0.4, -0.2) is 13.7 Å². The van der Waals surface area contributed by atoms with Crippen molar-refractivity contribution in [1.29, 1.82) is 0 Å². The van der Waals surface area contributed by atoms with Crippen LogP contribution in [0.5, 0.6) is 0 Å². The number of aromatic nitrogens is 3. The normalized spacial score (nSPS) is 11.8. The lowest BCUT2D eigenvalue weighted by molar-refractivity contribution is 1.11. The van der Waals surface area contributed by atoms with E-state index < -0.39 is 0 Å². The van der Waals surface area contributed by atoms with Crippen LogP contribution >= 0.6 is 0 Å². The Labute approximate surface area is 503 Å². The zero-order valence-corrected chi connectivity index (χ0v) is 56.3. The summed E-state index contributed by atoms with van der Waals surface area (Å²) in [4.78, 5) is 0. The van der Waals surface area contributed by atoms with Gasteiger partial charge in [0.25, 0.3) is 0 Å². The van der Waals surface area contributed by atoms with Gasteiger partial charge in [0.15, 0.2) is 0 Å². The topological polar surface area (TPSA) is 14.8 Å². The highest BCUT2D eigenvalue weighted by molar-refractivity contribution is 6.18. The zero-order valence-electron chi connectivity index (χ0n) is 56.3. The molecule has 0 fully saturated rings. The molecule has 3 heteroatoms. The molecule has 12 aromatic rings. The molecule has 0 saturated heterocycles. The Morgan fingerprint density at radius 1 is 0.190 bits per heavy atom. The molecule has 0 atom stereocenters. The Balaban J connectivity index is 0.000000140. The first-order valence-electron chi connectivity index (χ1n) is 30.7. The van der Waals surface area contributed by atoms with Crippen molar-refractivity contribution in [2.75, 3.05) is 0 Å². The van der Waals surface area contributed by atoms with E-state index in [1.807, 2.05) is 0 Å². The van der Waals surface area contributed by atoms with Crippen LogP contribution in [0.4, 0.5) is 0 Å². The van der Waals surface area contributed by atoms with Crippen molar-refractivity contribution in [3.63, 3.8) is 0 Å². The van der Waals surface area contributed by atoms with E-state index in [1.54, 1.807) is 0 Å². The molecule has 3 aromatic heterocycles. The minimum Gasteiger partial charge on any atom is -0.309 e. The van der Waals surface area contributed by atoms with Gasteiger partial charge in [0, 0.05) is 49.4 Å². The summed E-state index contributed by atoms with van der Waals surface area (Å²) < 4.78 is 7.60. The van der Waals surface area contributed by atoms with E-state index in [4.69, 9.17) is 0 Å². The van der Waals surface area contributed by atoms with Gasteiger partial charge < -0.3 is 13.7 Å². The molecule has 3 heterocycles. The van der Waals surface area contributed by atoms with E-state index in [1.165, 1.54) is 233 Å². The number of hydrogen-bond donors (Lipinski definition) is 0. The van der Waals surface area contributed by atoms with Crippen molar-refractivity contribution >= 4 is 65.4 Å². The van der Waals surface area contributed by atoms with Crippen molar-refractivity contribution in [3.8, 4) is 17.1 Å². The highest BCUT2D eigenvalue weighted by Crippen LogP contribution is 2.47. The monoisotopic (exact) mass is 1110 g/mol. The van der Waals surface area contributed by atoms with Crippen LogP contribution in [0.1, 0.15) is 150 Å². The van der Waals surface area contributed by atoms with E-state index >= 15 is 0 Å². The van der Waals surface area contributed by atoms with Gasteiger partial charge in [-0.1, -0.05) is 48.0 Å². The van der Waals surface area contributed by atoms with E-state index in [2.05, 4.69) is 273 Å². The molecule has 0 bridgehead atoms. The van der Waals surface area contributed by atoms with Crippen molar-refractivity contribution in [2.24, 2.45) is 0 Å². The first-order valence-corrected chi connectivity index (χ1v) is 30.7. The summed E-state index contributed by atoms with van der Waals surface area (Å²) in [7, 11) is 0. The third kappa shape index (κ3) is 8.63. The van der Waals surface area contributed by atoms with Gasteiger partial charge in [-0.2, -0.15) is 0 Å². The van der Waals surface area contributed by atoms with Crippen LogP contribution in [-0.2, 0) is 0 Å². The maximum absolute atomic E-state index is 2.55. The first-order chi connectivity index (χ1) is 39.5. The van der Waals surface area contributed by atoms with E-state index in [0.29, 0.717) is 0 Å². The summed E-state index contributed by atoms with van der Waals surface area (Å²) >= 11 is 0. The van der Waals surface area contributed by atoms with Crippen LogP contribution in [0.3, 0.4) is 0 Å². The molecular formula is C81H93N3. The number of aryl methyl sites for hydroxylation is 15. The molecule has 12 rings (SSSR count). The maximum Gasteiger partial charge on any atom is 0.0576 e. The van der Waals surface area contributed by atoms with Crippen LogP contribution in [0.25, 0.3) is 82.5 Å². The van der Waals surface area contributed by atoms with Crippen LogP contribution < -0.4 is 0 Å². The SMILES string of the molecule is Cc1ccc(-n2c3c(C)c(C)c(C)c(C)c3c3c(C)c(C)c(C)c(C)c32)cc1.Cc1cccc(-n2c3c(C)c(C)c(C)c(C)c3c3c(C)c(C)c(C)c(C)c32)c1.Cc1ccccc1-n1c2c(C)c(C)c(C)c(C)c2c2c(C)c(C)c(C)c(C)c21. The number of hydrogen-bond acceptors (Lipinski definition) is 0. The largest absolute Gasteiger partial charge is 0.309 e. The molecular weight excluding hydrogens is 1010 g/mol. The lowest BCUT2D eigenvalue weighted by atomic mass is 9.90. The molecule has 0 spiro atoms. The van der Waals surface area contributed by atoms with Gasteiger partial charge in [0.1, 0.15) is 0 Å². The smallest absolute Gasteiger partial charge is 0.0576 e. The van der Waals surface area contributed by atoms with Gasteiger partial charge in [-0.05, 0) is 362 Å². The molecule has 0 saturated carbocycles. The molecule has 84 heavy (non-hydrogen) atoms. The fourth-order valence-electron chi connectivity index (χ4n) is 14.6. The molecule has 432 valence electrons. The summed E-state index contributed by atoms with van der Waals surface area (Å²) in [6, 6.07) is 26.7. The van der Waals surface area contributed by atoms with E-state index in [9.17, 15) is 0 Å². The highest BCUT2D eigenvalue weighted by atomic mass is 15.0. The van der Waals surface area contributed by atoms with Gasteiger partial charge in [0.05, 0.1) is 33.1 Å². The lowest BCUT2D eigenvalue weighted by Crippen LogP contribution is -2.02.